The summed E-state index contributed by atoms with van der Waals surface area (Å²) in [4.78, 5) is 8.47. The first-order valence-corrected chi connectivity index (χ1v) is 7.56. The smallest absolute Gasteiger partial charge is 0.216 e. The maximum absolute atomic E-state index is 5.11. The summed E-state index contributed by atoms with van der Waals surface area (Å²) in [6.07, 6.45) is 2.30. The molecule has 0 aliphatic rings. The molecule has 0 bridgehead atoms. The van der Waals surface area contributed by atoms with Crippen molar-refractivity contribution in [2.75, 3.05) is 7.11 Å². The lowest BCUT2D eigenvalue weighted by Crippen LogP contribution is -2.00. The van der Waals surface area contributed by atoms with Gasteiger partial charge >= 0.3 is 0 Å². The van der Waals surface area contributed by atoms with E-state index in [1.54, 1.807) is 7.11 Å². The lowest BCUT2D eigenvalue weighted by Gasteiger charge is -2.12. The summed E-state index contributed by atoms with van der Waals surface area (Å²) in [5.74, 6) is 0.590. The van der Waals surface area contributed by atoms with Crippen LogP contribution in [0.25, 0.3) is 0 Å². The Hall–Kier alpha value is -0.940. The van der Waals surface area contributed by atoms with Crippen LogP contribution in [0.2, 0.25) is 0 Å². The topological polar surface area (TPSA) is 35.0 Å². The first-order valence-electron chi connectivity index (χ1n) is 5.85. The third-order valence-electron chi connectivity index (χ3n) is 2.79. The van der Waals surface area contributed by atoms with Crippen LogP contribution >= 0.6 is 31.9 Å². The predicted molar refractivity (Wildman–Crippen MR) is 82.8 cm³/mol. The van der Waals surface area contributed by atoms with Crippen LogP contribution in [0.5, 0.6) is 5.88 Å². The van der Waals surface area contributed by atoms with Gasteiger partial charge in [0.25, 0.3) is 0 Å². The zero-order valence-electron chi connectivity index (χ0n) is 10.7. The van der Waals surface area contributed by atoms with E-state index in [-0.39, 0.29) is 4.83 Å². The molecule has 1 atom stereocenters. The Morgan fingerprint density at radius 1 is 1.26 bits per heavy atom. The molecular weight excluding hydrogens is 372 g/mol. The van der Waals surface area contributed by atoms with E-state index in [1.807, 2.05) is 6.07 Å². The second-order valence-corrected chi connectivity index (χ2v) is 6.21. The zero-order chi connectivity index (χ0) is 13.8. The molecular formula is C14H14Br2N2O. The molecule has 1 heterocycles. The molecule has 0 fully saturated rings. The zero-order valence-corrected chi connectivity index (χ0v) is 13.9. The van der Waals surface area contributed by atoms with E-state index < -0.39 is 0 Å². The summed E-state index contributed by atoms with van der Waals surface area (Å²) in [6.45, 7) is 2.08. The molecule has 3 nitrogen and oxygen atoms in total. The lowest BCUT2D eigenvalue weighted by molar-refractivity contribution is 0.396. The number of hydrogen-bond acceptors (Lipinski definition) is 3. The molecule has 1 aromatic carbocycles. The Morgan fingerprint density at radius 2 is 2.05 bits per heavy atom. The van der Waals surface area contributed by atoms with Gasteiger partial charge in [0.05, 0.1) is 7.11 Å². The third-order valence-corrected chi connectivity index (χ3v) is 4.29. The minimum atomic E-state index is 0.196. The predicted octanol–water partition coefficient (Wildman–Crippen LogP) is 4.23. The maximum Gasteiger partial charge on any atom is 0.216 e. The fourth-order valence-corrected chi connectivity index (χ4v) is 3.59. The van der Waals surface area contributed by atoms with Gasteiger partial charge in [-0.25, -0.2) is 9.97 Å². The fourth-order valence-electron chi connectivity index (χ4n) is 1.78. The van der Waals surface area contributed by atoms with Gasteiger partial charge in [-0.15, -0.1) is 0 Å². The minimum Gasteiger partial charge on any atom is -0.481 e. The number of rotatable bonds is 4. The lowest BCUT2D eigenvalue weighted by atomic mass is 10.1. The van der Waals surface area contributed by atoms with Crippen molar-refractivity contribution in [1.82, 2.24) is 9.97 Å². The highest BCUT2D eigenvalue weighted by molar-refractivity contribution is 9.11. The van der Waals surface area contributed by atoms with Gasteiger partial charge in [0, 0.05) is 27.5 Å². The van der Waals surface area contributed by atoms with Gasteiger partial charge in [-0.05, 0) is 24.1 Å². The Labute approximate surface area is 129 Å². The van der Waals surface area contributed by atoms with Crippen molar-refractivity contribution in [3.63, 3.8) is 0 Å². The average molecular weight is 386 g/mol. The van der Waals surface area contributed by atoms with Crippen molar-refractivity contribution in [1.29, 1.82) is 0 Å². The monoisotopic (exact) mass is 384 g/mol. The number of halogens is 2. The van der Waals surface area contributed by atoms with Gasteiger partial charge in [-0.3, -0.25) is 0 Å². The molecule has 0 N–H and O–H groups in total. The summed E-state index contributed by atoms with van der Waals surface area (Å²) in [7, 11) is 1.61. The molecule has 0 saturated heterocycles. The molecule has 0 aliphatic carbocycles. The van der Waals surface area contributed by atoms with Crippen LogP contribution in [0.1, 0.15) is 21.6 Å². The summed E-state index contributed by atoms with van der Waals surface area (Å²) in [6, 6.07) is 8.20. The molecule has 19 heavy (non-hydrogen) atoms. The van der Waals surface area contributed by atoms with Gasteiger partial charge in [0.15, 0.2) is 0 Å². The van der Waals surface area contributed by atoms with Gasteiger partial charge in [0.1, 0.15) is 6.33 Å². The Morgan fingerprint density at radius 3 is 2.74 bits per heavy atom. The Kier molecular flexibility index (Phi) is 4.93. The highest BCUT2D eigenvalue weighted by atomic mass is 79.9. The molecule has 0 radical (unpaired) electrons. The summed E-state index contributed by atoms with van der Waals surface area (Å²) < 4.78 is 6.21. The summed E-state index contributed by atoms with van der Waals surface area (Å²) >= 11 is 7.32. The van der Waals surface area contributed by atoms with E-state index in [0.717, 1.165) is 16.6 Å². The number of ether oxygens (including phenoxy) is 1. The summed E-state index contributed by atoms with van der Waals surface area (Å²) in [5.41, 5.74) is 3.39. The fraction of sp³-hybridized carbons (Fsp3) is 0.286. The van der Waals surface area contributed by atoms with Crippen LogP contribution in [0, 0.1) is 6.92 Å². The highest BCUT2D eigenvalue weighted by Crippen LogP contribution is 2.32. The minimum absolute atomic E-state index is 0.196. The van der Waals surface area contributed by atoms with Crippen molar-refractivity contribution in [3.05, 3.63) is 51.9 Å². The number of aryl methyl sites for hydroxylation is 1. The van der Waals surface area contributed by atoms with Crippen molar-refractivity contribution in [2.45, 2.75) is 18.2 Å². The standard InChI is InChI=1S/C14H14Br2N2O/c1-9-3-4-11(12(15)5-9)13(16)6-10-7-14(19-2)18-8-17-10/h3-5,7-8,13H,6H2,1-2H3. The molecule has 1 unspecified atom stereocenters. The van der Waals surface area contributed by atoms with Crippen LogP contribution in [0.4, 0.5) is 0 Å². The number of hydrogen-bond donors (Lipinski definition) is 0. The Balaban J connectivity index is 2.17. The van der Waals surface area contributed by atoms with Gasteiger partial charge in [0.2, 0.25) is 5.88 Å². The number of benzene rings is 1. The molecule has 2 rings (SSSR count). The molecule has 0 amide bonds. The van der Waals surface area contributed by atoms with Crippen LogP contribution < -0.4 is 4.74 Å². The Bertz CT molecular complexity index is 575. The van der Waals surface area contributed by atoms with E-state index in [1.165, 1.54) is 17.5 Å². The van der Waals surface area contributed by atoms with Gasteiger partial charge in [-0.1, -0.05) is 44.0 Å². The maximum atomic E-state index is 5.11. The number of alkyl halides is 1. The number of aromatic nitrogens is 2. The van der Waals surface area contributed by atoms with Crippen LogP contribution in [-0.4, -0.2) is 17.1 Å². The van der Waals surface area contributed by atoms with E-state index in [9.17, 15) is 0 Å². The number of nitrogens with zero attached hydrogens (tertiary/aromatic N) is 2. The molecule has 2 aromatic rings. The normalized spacial score (nSPS) is 12.2. The third kappa shape index (κ3) is 3.76. The van der Waals surface area contributed by atoms with Crippen molar-refractivity contribution < 1.29 is 4.74 Å². The largest absolute Gasteiger partial charge is 0.481 e. The van der Waals surface area contributed by atoms with Crippen molar-refractivity contribution in [2.24, 2.45) is 0 Å². The van der Waals surface area contributed by atoms with E-state index >= 15 is 0 Å². The van der Waals surface area contributed by atoms with Crippen molar-refractivity contribution in [3.8, 4) is 5.88 Å². The van der Waals surface area contributed by atoms with E-state index in [4.69, 9.17) is 4.74 Å². The molecule has 5 heteroatoms. The van der Waals surface area contributed by atoms with Crippen LogP contribution in [-0.2, 0) is 6.42 Å². The molecule has 0 spiro atoms. The first kappa shape index (κ1) is 14.5. The first-order chi connectivity index (χ1) is 9.10. The van der Waals surface area contributed by atoms with Crippen LogP contribution in [0.3, 0.4) is 0 Å². The molecule has 0 saturated carbocycles. The SMILES string of the molecule is COc1cc(CC(Br)c2ccc(C)cc2Br)ncn1. The van der Waals surface area contributed by atoms with E-state index in [0.29, 0.717) is 5.88 Å². The quantitative estimate of drug-likeness (QED) is 0.738. The van der Waals surface area contributed by atoms with Gasteiger partial charge < -0.3 is 4.74 Å². The molecule has 100 valence electrons. The second kappa shape index (κ2) is 6.48. The number of methoxy groups -OCH3 is 1. The highest BCUT2D eigenvalue weighted by Gasteiger charge is 2.13. The van der Waals surface area contributed by atoms with Crippen LogP contribution in [0.15, 0.2) is 35.1 Å². The second-order valence-electron chi connectivity index (χ2n) is 4.25. The average Bonchev–Trinajstić information content (AvgIpc) is 2.38. The molecule has 0 aliphatic heterocycles. The van der Waals surface area contributed by atoms with Gasteiger partial charge in [-0.2, -0.15) is 0 Å². The van der Waals surface area contributed by atoms with E-state index in [2.05, 4.69) is 67.0 Å². The summed E-state index contributed by atoms with van der Waals surface area (Å²) in [5, 5.41) is 0. The van der Waals surface area contributed by atoms with Crippen molar-refractivity contribution >= 4 is 31.9 Å². The molecule has 1 aromatic heterocycles.